The van der Waals surface area contributed by atoms with Crippen molar-refractivity contribution in [3.63, 3.8) is 0 Å². The van der Waals surface area contributed by atoms with E-state index in [2.05, 4.69) is 11.3 Å². The van der Waals surface area contributed by atoms with Crippen molar-refractivity contribution in [1.82, 2.24) is 0 Å². The number of aliphatic carboxylic acids is 1. The lowest BCUT2D eigenvalue weighted by Crippen LogP contribution is -2.19. The Kier molecular flexibility index (Phi) is 3.75. The molecule has 7 nitrogen and oxygen atoms in total. The van der Waals surface area contributed by atoms with Crippen LogP contribution >= 0.6 is 0 Å². The maximum Gasteiger partial charge on any atom is 0.327 e. The van der Waals surface area contributed by atoms with E-state index in [9.17, 15) is 4.79 Å². The molecule has 0 aromatic heterocycles. The molecule has 0 bridgehead atoms. The minimum absolute atomic E-state index is 0.833. The van der Waals surface area contributed by atoms with E-state index in [-0.39, 0.29) is 0 Å². The van der Waals surface area contributed by atoms with E-state index in [4.69, 9.17) is 26.2 Å². The predicted molar refractivity (Wildman–Crippen MR) is 46.8 cm³/mol. The van der Waals surface area contributed by atoms with Crippen molar-refractivity contribution < 1.29 is 14.6 Å². The Morgan fingerprint density at radius 1 is 1.12 bits per heavy atom. The van der Waals surface area contributed by atoms with Crippen LogP contribution in [-0.4, -0.2) is 22.3 Å². The summed E-state index contributed by atoms with van der Waals surface area (Å²) in [6.45, 7) is 2.96. The van der Waals surface area contributed by atoms with Crippen molar-refractivity contribution >= 4 is 5.97 Å². The maximum absolute atomic E-state index is 9.25. The Morgan fingerprint density at radius 2 is 1.38 bits per heavy atom. The van der Waals surface area contributed by atoms with Crippen molar-refractivity contribution in [3.8, 4) is 24.3 Å². The molecule has 78 valence electrons. The molecule has 0 aromatic carbocycles. The fourth-order valence-corrected chi connectivity index (χ4v) is 0.660. The molecule has 1 fully saturated rings. The number of epoxide rings is 1. The lowest BCUT2D eigenvalue weighted by atomic mass is 9.98. The normalized spacial score (nSPS) is 16.8. The first kappa shape index (κ1) is 13.1. The largest absolute Gasteiger partial charge is 0.478 e. The zero-order valence-corrected chi connectivity index (χ0v) is 7.84. The van der Waals surface area contributed by atoms with Gasteiger partial charge in [-0.1, -0.05) is 6.58 Å². The molecule has 0 unspecified atom stereocenters. The monoisotopic (exact) mass is 216 g/mol. The highest BCUT2D eigenvalue weighted by molar-refractivity contribution is 5.78. The van der Waals surface area contributed by atoms with Gasteiger partial charge >= 0.3 is 5.97 Å². The fraction of sp³-hybridized carbons (Fsp3) is 0.222. The van der Waals surface area contributed by atoms with Crippen LogP contribution in [0.3, 0.4) is 0 Å². The second-order valence-electron chi connectivity index (χ2n) is 2.45. The van der Waals surface area contributed by atoms with Crippen LogP contribution < -0.4 is 0 Å². The number of ether oxygens (including phenoxy) is 1. The summed E-state index contributed by atoms with van der Waals surface area (Å²) in [5.41, 5.74) is -3.73. The van der Waals surface area contributed by atoms with Crippen LogP contribution in [0.1, 0.15) is 0 Å². The number of rotatable bonds is 1. The van der Waals surface area contributed by atoms with Crippen LogP contribution in [0, 0.1) is 45.3 Å². The van der Waals surface area contributed by atoms with Gasteiger partial charge in [-0.05, 0) is 0 Å². The molecular formula is C9H4N4O3. The molecule has 0 saturated carbocycles. The van der Waals surface area contributed by atoms with Crippen molar-refractivity contribution in [2.75, 3.05) is 0 Å². The number of hydrogen-bond donors (Lipinski definition) is 1. The van der Waals surface area contributed by atoms with Crippen molar-refractivity contribution in [2.24, 2.45) is 0 Å². The van der Waals surface area contributed by atoms with E-state index in [1.54, 1.807) is 0 Å². The number of nitriles is 4. The van der Waals surface area contributed by atoms with E-state index in [0.717, 1.165) is 6.08 Å². The highest BCUT2D eigenvalue weighted by Gasteiger charge is 2.75. The first-order chi connectivity index (χ1) is 7.47. The number of hydrogen-bond acceptors (Lipinski definition) is 6. The lowest BCUT2D eigenvalue weighted by molar-refractivity contribution is -0.131. The van der Waals surface area contributed by atoms with Gasteiger partial charge in [0.25, 0.3) is 11.2 Å². The first-order valence-corrected chi connectivity index (χ1v) is 3.68. The van der Waals surface area contributed by atoms with Crippen LogP contribution in [0.5, 0.6) is 0 Å². The first-order valence-electron chi connectivity index (χ1n) is 3.68. The molecule has 1 aliphatic rings. The number of carboxylic acids is 1. The SMILES string of the molecule is C=CC(=O)O.N#CC1(C#N)OC1(C#N)C#N. The van der Waals surface area contributed by atoms with Gasteiger partial charge < -0.3 is 9.84 Å². The summed E-state index contributed by atoms with van der Waals surface area (Å²) < 4.78 is 4.44. The molecule has 1 rings (SSSR count). The Morgan fingerprint density at radius 3 is 1.44 bits per heavy atom. The van der Waals surface area contributed by atoms with Crippen LogP contribution in [0.4, 0.5) is 0 Å². The van der Waals surface area contributed by atoms with Gasteiger partial charge in [0.2, 0.25) is 0 Å². The van der Waals surface area contributed by atoms with Crippen molar-refractivity contribution in [2.45, 2.75) is 11.2 Å². The maximum atomic E-state index is 9.25. The Labute approximate surface area is 90.6 Å². The molecule has 1 aliphatic heterocycles. The van der Waals surface area contributed by atoms with E-state index in [0.29, 0.717) is 0 Å². The average molecular weight is 216 g/mol. The summed E-state index contributed by atoms with van der Waals surface area (Å²) >= 11 is 0. The topological polar surface area (TPSA) is 145 Å². The smallest absolute Gasteiger partial charge is 0.327 e. The van der Waals surface area contributed by atoms with Crippen molar-refractivity contribution in [3.05, 3.63) is 12.7 Å². The minimum Gasteiger partial charge on any atom is -0.478 e. The molecule has 0 aliphatic carbocycles. The predicted octanol–water partition coefficient (Wildman–Crippen LogP) is -0.154. The summed E-state index contributed by atoms with van der Waals surface area (Å²) in [6, 6.07) is 5.87. The average Bonchev–Trinajstić information content (AvgIpc) is 2.99. The number of nitrogens with zero attached hydrogens (tertiary/aromatic N) is 4. The van der Waals surface area contributed by atoms with Gasteiger partial charge in [0.15, 0.2) is 0 Å². The standard InChI is InChI=1S/C6N4O.C3H4O2/c7-1-5(2-8)6(3-9,4-10)11-5;1-2-3(4)5/h;2H,1H2,(H,4,5). The molecule has 16 heavy (non-hydrogen) atoms. The quantitative estimate of drug-likeness (QED) is 0.473. The lowest BCUT2D eigenvalue weighted by Gasteiger charge is -1.84. The summed E-state index contributed by atoms with van der Waals surface area (Å²) in [5.74, 6) is -0.981. The zero-order chi connectivity index (χ0) is 12.8. The summed E-state index contributed by atoms with van der Waals surface area (Å²) in [4.78, 5) is 9.25. The fourth-order valence-electron chi connectivity index (χ4n) is 0.660. The Bertz CT molecular complexity index is 419. The van der Waals surface area contributed by atoms with Gasteiger partial charge in [-0.15, -0.1) is 0 Å². The molecule has 0 amide bonds. The Balaban J connectivity index is 0.000000385. The highest BCUT2D eigenvalue weighted by atomic mass is 16.6. The number of carboxylic acid groups (broad SMARTS) is 1. The molecule has 1 heterocycles. The highest BCUT2D eigenvalue weighted by Crippen LogP contribution is 2.46. The molecule has 0 radical (unpaired) electrons. The van der Waals surface area contributed by atoms with E-state index >= 15 is 0 Å². The molecular weight excluding hydrogens is 212 g/mol. The third-order valence-electron chi connectivity index (χ3n) is 1.56. The zero-order valence-electron chi connectivity index (χ0n) is 7.84. The minimum atomic E-state index is -1.86. The second kappa shape index (κ2) is 4.57. The van der Waals surface area contributed by atoms with Crippen molar-refractivity contribution in [1.29, 1.82) is 21.0 Å². The van der Waals surface area contributed by atoms with Gasteiger partial charge in [0.05, 0.1) is 0 Å². The summed E-state index contributed by atoms with van der Waals surface area (Å²) in [5, 5.41) is 41.0. The second-order valence-corrected chi connectivity index (χ2v) is 2.45. The molecule has 1 saturated heterocycles. The van der Waals surface area contributed by atoms with E-state index in [1.165, 1.54) is 24.3 Å². The Hall–Kier alpha value is -2.87. The van der Waals surface area contributed by atoms with Crippen LogP contribution in [0.25, 0.3) is 0 Å². The van der Waals surface area contributed by atoms with Crippen LogP contribution in [0.2, 0.25) is 0 Å². The van der Waals surface area contributed by atoms with Gasteiger partial charge in [0.1, 0.15) is 24.3 Å². The molecule has 1 N–H and O–H groups in total. The van der Waals surface area contributed by atoms with Crippen LogP contribution in [-0.2, 0) is 9.53 Å². The molecule has 7 heteroatoms. The van der Waals surface area contributed by atoms with E-state index < -0.39 is 17.2 Å². The van der Waals surface area contributed by atoms with Gasteiger partial charge in [-0.3, -0.25) is 0 Å². The molecule has 0 spiro atoms. The third kappa shape index (κ3) is 1.96. The van der Waals surface area contributed by atoms with Gasteiger partial charge in [-0.25, -0.2) is 4.79 Å². The summed E-state index contributed by atoms with van der Waals surface area (Å²) in [7, 11) is 0. The summed E-state index contributed by atoms with van der Waals surface area (Å²) in [6.07, 6.45) is 0.833. The van der Waals surface area contributed by atoms with Crippen LogP contribution in [0.15, 0.2) is 12.7 Å². The number of carbonyl (C=O) groups is 1. The molecule has 0 atom stereocenters. The van der Waals surface area contributed by atoms with Gasteiger partial charge in [-0.2, -0.15) is 21.0 Å². The van der Waals surface area contributed by atoms with Gasteiger partial charge in [0, 0.05) is 6.08 Å². The van der Waals surface area contributed by atoms with E-state index in [1.807, 2.05) is 0 Å². The molecule has 0 aromatic rings. The third-order valence-corrected chi connectivity index (χ3v) is 1.56.